The van der Waals surface area contributed by atoms with Gasteiger partial charge in [-0.25, -0.2) is 4.98 Å². The molecule has 3 heterocycles. The molecule has 1 aliphatic heterocycles. The summed E-state index contributed by atoms with van der Waals surface area (Å²) in [5.74, 6) is 0.554. The summed E-state index contributed by atoms with van der Waals surface area (Å²) in [5, 5.41) is 4.08. The number of fused-ring (bicyclic) bond motifs is 1. The van der Waals surface area contributed by atoms with E-state index < -0.39 is 0 Å². The summed E-state index contributed by atoms with van der Waals surface area (Å²) in [5.41, 5.74) is 6.95. The lowest BCUT2D eigenvalue weighted by atomic mass is 10.1. The molecule has 22 heavy (non-hydrogen) atoms. The van der Waals surface area contributed by atoms with Crippen LogP contribution in [0.4, 0.5) is 11.6 Å². The summed E-state index contributed by atoms with van der Waals surface area (Å²) in [7, 11) is 0. The molecule has 0 spiro atoms. The molecular weight excluding hydrogens is 282 g/mol. The molecule has 4 rings (SSSR count). The molecule has 0 amide bonds. The second-order valence-electron chi connectivity index (χ2n) is 6.00. The minimum Gasteiger partial charge on any atom is -0.398 e. The average Bonchev–Trinajstić information content (AvgIpc) is 3.33. The number of anilines is 2. The Hall–Kier alpha value is -2.15. The molecule has 116 valence electrons. The number of nitrogen functional groups attached to an aromatic ring is 1. The number of ether oxygens (including phenoxy) is 1. The normalized spacial score (nSPS) is 19.5. The second-order valence-corrected chi connectivity index (χ2v) is 6.00. The first-order chi connectivity index (χ1) is 10.7. The second kappa shape index (κ2) is 5.24. The third-order valence-corrected chi connectivity index (χ3v) is 4.29. The quantitative estimate of drug-likeness (QED) is 0.887. The van der Waals surface area contributed by atoms with Gasteiger partial charge < -0.3 is 15.8 Å². The maximum Gasteiger partial charge on any atom is 0.254 e. The van der Waals surface area contributed by atoms with Crippen molar-refractivity contribution in [3.05, 3.63) is 22.6 Å². The van der Waals surface area contributed by atoms with E-state index in [1.165, 1.54) is 6.07 Å². The summed E-state index contributed by atoms with van der Waals surface area (Å²) >= 11 is 0. The molecule has 0 atom stereocenters. The van der Waals surface area contributed by atoms with E-state index in [9.17, 15) is 4.79 Å². The van der Waals surface area contributed by atoms with E-state index in [0.717, 1.165) is 44.3 Å². The lowest BCUT2D eigenvalue weighted by Crippen LogP contribution is -2.29. The molecule has 1 saturated carbocycles. The largest absolute Gasteiger partial charge is 0.398 e. The van der Waals surface area contributed by atoms with Crippen molar-refractivity contribution in [3.63, 3.8) is 0 Å². The van der Waals surface area contributed by atoms with Crippen LogP contribution in [-0.2, 0) is 4.74 Å². The summed E-state index contributed by atoms with van der Waals surface area (Å²) in [6.45, 7) is 1.51. The topological polar surface area (TPSA) is 95.1 Å². The molecule has 0 radical (unpaired) electrons. The van der Waals surface area contributed by atoms with Gasteiger partial charge in [0.1, 0.15) is 0 Å². The number of aromatic nitrogens is 3. The fourth-order valence-corrected chi connectivity index (χ4v) is 2.92. The van der Waals surface area contributed by atoms with Gasteiger partial charge in [-0.3, -0.25) is 9.36 Å². The summed E-state index contributed by atoms with van der Waals surface area (Å²) in [6.07, 6.45) is 5.62. The van der Waals surface area contributed by atoms with Crippen molar-refractivity contribution in [1.29, 1.82) is 0 Å². The molecule has 0 unspecified atom stereocenters. The van der Waals surface area contributed by atoms with E-state index in [-0.39, 0.29) is 11.6 Å². The highest BCUT2D eigenvalue weighted by molar-refractivity contribution is 5.87. The van der Waals surface area contributed by atoms with Gasteiger partial charge in [0.2, 0.25) is 5.95 Å². The van der Waals surface area contributed by atoms with Crippen LogP contribution in [0.25, 0.3) is 11.0 Å². The zero-order chi connectivity index (χ0) is 15.1. The van der Waals surface area contributed by atoms with Gasteiger partial charge in [-0.2, -0.15) is 4.98 Å². The van der Waals surface area contributed by atoms with Gasteiger partial charge in [-0.05, 0) is 25.7 Å². The minimum atomic E-state index is -0.0804. The van der Waals surface area contributed by atoms with Crippen LogP contribution < -0.4 is 16.6 Å². The Balaban J connectivity index is 1.75. The number of pyridine rings is 1. The van der Waals surface area contributed by atoms with Gasteiger partial charge >= 0.3 is 0 Å². The molecule has 1 saturated heterocycles. The molecule has 2 aliphatic rings. The van der Waals surface area contributed by atoms with E-state index in [2.05, 4.69) is 15.3 Å². The first-order valence-corrected chi connectivity index (χ1v) is 7.74. The number of nitrogens with zero attached hydrogens (tertiary/aromatic N) is 3. The molecular formula is C15H19N5O2. The van der Waals surface area contributed by atoms with Gasteiger partial charge in [-0.15, -0.1) is 0 Å². The Labute approximate surface area is 127 Å². The molecule has 7 heteroatoms. The number of nitrogens with two attached hydrogens (primary N) is 1. The average molecular weight is 301 g/mol. The van der Waals surface area contributed by atoms with Crippen LogP contribution in [0.2, 0.25) is 0 Å². The standard InChI is InChI=1S/C15H19N5O2/c16-12-7-13(21)20(10-1-2-10)14-11(12)8-17-15(19-14)18-9-3-5-22-6-4-9/h7-10H,1-6,16H2,(H,17,18,19). The minimum absolute atomic E-state index is 0.0804. The van der Waals surface area contributed by atoms with Crippen molar-refractivity contribution >= 4 is 22.7 Å². The van der Waals surface area contributed by atoms with Gasteiger partial charge in [0.15, 0.2) is 5.65 Å². The lowest BCUT2D eigenvalue weighted by molar-refractivity contribution is 0.0903. The SMILES string of the molecule is Nc1cc(=O)n(C2CC2)c2nc(NC3CCOCC3)ncc12. The number of hydrogen-bond donors (Lipinski definition) is 2. The van der Waals surface area contributed by atoms with Crippen LogP contribution in [0.15, 0.2) is 17.1 Å². The summed E-state index contributed by atoms with van der Waals surface area (Å²) in [6, 6.07) is 2.03. The number of hydrogen-bond acceptors (Lipinski definition) is 6. The number of nitrogens with one attached hydrogen (secondary N) is 1. The summed E-state index contributed by atoms with van der Waals surface area (Å²) in [4.78, 5) is 21.1. The van der Waals surface area contributed by atoms with Gasteiger partial charge in [0.05, 0.1) is 5.39 Å². The molecule has 3 N–H and O–H groups in total. The summed E-state index contributed by atoms with van der Waals surface area (Å²) < 4.78 is 7.11. The van der Waals surface area contributed by atoms with Crippen molar-refractivity contribution < 1.29 is 4.74 Å². The number of rotatable bonds is 3. The van der Waals surface area contributed by atoms with E-state index in [4.69, 9.17) is 10.5 Å². The Morgan fingerprint density at radius 1 is 1.27 bits per heavy atom. The maximum atomic E-state index is 12.2. The van der Waals surface area contributed by atoms with Crippen molar-refractivity contribution in [2.45, 2.75) is 37.8 Å². The van der Waals surface area contributed by atoms with Crippen molar-refractivity contribution in [2.24, 2.45) is 0 Å². The van der Waals surface area contributed by atoms with E-state index >= 15 is 0 Å². The van der Waals surface area contributed by atoms with Gasteiger partial charge in [-0.1, -0.05) is 0 Å². The Kier molecular flexibility index (Phi) is 3.22. The lowest BCUT2D eigenvalue weighted by Gasteiger charge is -2.23. The zero-order valence-electron chi connectivity index (χ0n) is 12.3. The highest BCUT2D eigenvalue weighted by Gasteiger charge is 2.27. The Bertz CT molecular complexity index is 762. The third kappa shape index (κ3) is 2.41. The van der Waals surface area contributed by atoms with E-state index in [1.807, 2.05) is 0 Å². The van der Waals surface area contributed by atoms with Crippen LogP contribution in [0.5, 0.6) is 0 Å². The predicted molar refractivity (Wildman–Crippen MR) is 83.9 cm³/mol. The highest BCUT2D eigenvalue weighted by Crippen LogP contribution is 2.36. The fraction of sp³-hybridized carbons (Fsp3) is 0.533. The molecule has 0 bridgehead atoms. The monoisotopic (exact) mass is 301 g/mol. The van der Waals surface area contributed by atoms with E-state index in [0.29, 0.717) is 23.3 Å². The first-order valence-electron chi connectivity index (χ1n) is 7.74. The Morgan fingerprint density at radius 3 is 2.77 bits per heavy atom. The Morgan fingerprint density at radius 2 is 2.05 bits per heavy atom. The van der Waals surface area contributed by atoms with Gasteiger partial charge in [0, 0.05) is 43.2 Å². The predicted octanol–water partition coefficient (Wildman–Crippen LogP) is 1.30. The third-order valence-electron chi connectivity index (χ3n) is 4.29. The van der Waals surface area contributed by atoms with Crippen LogP contribution >= 0.6 is 0 Å². The molecule has 2 aromatic heterocycles. The van der Waals surface area contributed by atoms with Crippen LogP contribution in [0.1, 0.15) is 31.7 Å². The molecule has 2 fully saturated rings. The molecule has 7 nitrogen and oxygen atoms in total. The van der Waals surface area contributed by atoms with Crippen molar-refractivity contribution in [3.8, 4) is 0 Å². The molecule has 1 aliphatic carbocycles. The van der Waals surface area contributed by atoms with Crippen LogP contribution in [0, 0.1) is 0 Å². The highest BCUT2D eigenvalue weighted by atomic mass is 16.5. The fourth-order valence-electron chi connectivity index (χ4n) is 2.92. The molecule has 0 aromatic carbocycles. The van der Waals surface area contributed by atoms with Crippen LogP contribution in [-0.4, -0.2) is 33.8 Å². The zero-order valence-corrected chi connectivity index (χ0v) is 12.3. The van der Waals surface area contributed by atoms with Gasteiger partial charge in [0.25, 0.3) is 5.56 Å². The first kappa shape index (κ1) is 13.5. The van der Waals surface area contributed by atoms with Crippen molar-refractivity contribution in [2.75, 3.05) is 24.3 Å². The molecule has 2 aromatic rings. The van der Waals surface area contributed by atoms with E-state index in [1.54, 1.807) is 10.8 Å². The van der Waals surface area contributed by atoms with Crippen LogP contribution in [0.3, 0.4) is 0 Å². The smallest absolute Gasteiger partial charge is 0.254 e. The maximum absolute atomic E-state index is 12.2. The van der Waals surface area contributed by atoms with Crippen molar-refractivity contribution in [1.82, 2.24) is 14.5 Å².